The molecule has 1 N–H and O–H groups in total. The molecule has 0 spiro atoms. The number of rotatable bonds is 4. The van der Waals surface area contributed by atoms with Crippen molar-refractivity contribution in [2.24, 2.45) is 4.99 Å². The summed E-state index contributed by atoms with van der Waals surface area (Å²) in [7, 11) is 0. The highest BCUT2D eigenvalue weighted by Gasteiger charge is 2.11. The van der Waals surface area contributed by atoms with E-state index in [2.05, 4.69) is 4.99 Å². The second-order valence-corrected chi connectivity index (χ2v) is 2.95. The molecule has 0 aliphatic carbocycles. The van der Waals surface area contributed by atoms with Crippen LogP contribution < -0.4 is 0 Å². The Bertz CT molecular complexity index is 319. The van der Waals surface area contributed by atoms with Crippen LogP contribution in [0.3, 0.4) is 0 Å². The van der Waals surface area contributed by atoms with Gasteiger partial charge in [0, 0.05) is 6.21 Å². The van der Waals surface area contributed by atoms with Crippen molar-refractivity contribution in [1.29, 1.82) is 0 Å². The summed E-state index contributed by atoms with van der Waals surface area (Å²) in [5.74, 6) is -0.875. The first-order valence-electron chi connectivity index (χ1n) is 4.55. The highest BCUT2D eigenvalue weighted by molar-refractivity contribution is 5.83. The molecule has 1 atom stereocenters. The molecular formula is C11H13NO2. The highest BCUT2D eigenvalue weighted by atomic mass is 16.4. The van der Waals surface area contributed by atoms with Gasteiger partial charge in [-0.1, -0.05) is 37.3 Å². The molecule has 0 amide bonds. The van der Waals surface area contributed by atoms with Crippen LogP contribution in [0.1, 0.15) is 18.9 Å². The maximum Gasteiger partial charge on any atom is 0.328 e. The molecule has 3 nitrogen and oxygen atoms in total. The average Bonchev–Trinajstić information content (AvgIpc) is 2.20. The summed E-state index contributed by atoms with van der Waals surface area (Å²) in [6.07, 6.45) is 2.11. The highest BCUT2D eigenvalue weighted by Crippen LogP contribution is 1.99. The minimum absolute atomic E-state index is 0.513. The van der Waals surface area contributed by atoms with Gasteiger partial charge < -0.3 is 5.11 Å². The zero-order chi connectivity index (χ0) is 10.4. The first-order chi connectivity index (χ1) is 6.74. The van der Waals surface area contributed by atoms with E-state index in [1.807, 2.05) is 30.3 Å². The molecule has 3 heteroatoms. The lowest BCUT2D eigenvalue weighted by Gasteiger charge is -2.01. The Labute approximate surface area is 83.1 Å². The van der Waals surface area contributed by atoms with Crippen molar-refractivity contribution in [3.8, 4) is 0 Å². The summed E-state index contributed by atoms with van der Waals surface area (Å²) in [5.41, 5.74) is 0.923. The number of nitrogens with zero attached hydrogens (tertiary/aromatic N) is 1. The van der Waals surface area contributed by atoms with Crippen molar-refractivity contribution < 1.29 is 9.90 Å². The minimum Gasteiger partial charge on any atom is -0.480 e. The molecule has 14 heavy (non-hydrogen) atoms. The summed E-state index contributed by atoms with van der Waals surface area (Å²) in [4.78, 5) is 14.6. The van der Waals surface area contributed by atoms with E-state index in [-0.39, 0.29) is 0 Å². The molecule has 1 aromatic carbocycles. The third-order valence-corrected chi connectivity index (χ3v) is 1.87. The van der Waals surface area contributed by atoms with Gasteiger partial charge in [0.25, 0.3) is 0 Å². The fraction of sp³-hybridized carbons (Fsp3) is 0.273. The normalized spacial score (nSPS) is 12.9. The molecule has 0 fully saturated rings. The van der Waals surface area contributed by atoms with Gasteiger partial charge in [0.2, 0.25) is 0 Å². The monoisotopic (exact) mass is 191 g/mol. The number of hydrogen-bond donors (Lipinski definition) is 1. The quantitative estimate of drug-likeness (QED) is 0.739. The Morgan fingerprint density at radius 1 is 1.50 bits per heavy atom. The molecule has 0 bridgehead atoms. The summed E-state index contributed by atoms with van der Waals surface area (Å²) in [6, 6.07) is 8.84. The molecular weight excluding hydrogens is 178 g/mol. The van der Waals surface area contributed by atoms with Crippen LogP contribution in [-0.2, 0) is 4.79 Å². The maximum absolute atomic E-state index is 10.6. The van der Waals surface area contributed by atoms with Crippen LogP contribution in [-0.4, -0.2) is 23.3 Å². The molecule has 1 aromatic rings. The van der Waals surface area contributed by atoms with Crippen LogP contribution in [0.4, 0.5) is 0 Å². The molecule has 0 radical (unpaired) electrons. The lowest BCUT2D eigenvalue weighted by molar-refractivity contribution is -0.138. The van der Waals surface area contributed by atoms with Crippen LogP contribution in [0.25, 0.3) is 0 Å². The zero-order valence-corrected chi connectivity index (χ0v) is 8.05. The average molecular weight is 191 g/mol. The number of benzene rings is 1. The molecule has 0 heterocycles. The zero-order valence-electron chi connectivity index (χ0n) is 8.05. The van der Waals surface area contributed by atoms with E-state index < -0.39 is 12.0 Å². The van der Waals surface area contributed by atoms with Crippen molar-refractivity contribution in [2.75, 3.05) is 0 Å². The van der Waals surface area contributed by atoms with Gasteiger partial charge in [-0.2, -0.15) is 0 Å². The van der Waals surface area contributed by atoms with Gasteiger partial charge in [-0.3, -0.25) is 4.99 Å². The van der Waals surface area contributed by atoms with Gasteiger partial charge in [0.05, 0.1) is 0 Å². The Morgan fingerprint density at radius 3 is 2.64 bits per heavy atom. The molecule has 0 saturated carbocycles. The third-order valence-electron chi connectivity index (χ3n) is 1.87. The standard InChI is InChI=1S/C11H13NO2/c1-2-10(11(13)14)12-8-9-6-4-3-5-7-9/h3-8,10H,2H2,1H3,(H,13,14). The molecule has 0 saturated heterocycles. The molecule has 74 valence electrons. The van der Waals surface area contributed by atoms with E-state index >= 15 is 0 Å². The van der Waals surface area contributed by atoms with Gasteiger partial charge in [0.1, 0.15) is 6.04 Å². The fourth-order valence-corrected chi connectivity index (χ4v) is 1.06. The summed E-state index contributed by atoms with van der Waals surface area (Å²) in [5, 5.41) is 8.74. The van der Waals surface area contributed by atoms with Crippen molar-refractivity contribution in [1.82, 2.24) is 0 Å². The Hall–Kier alpha value is -1.64. The number of hydrogen-bond acceptors (Lipinski definition) is 2. The van der Waals surface area contributed by atoms with Crippen LogP contribution in [0.2, 0.25) is 0 Å². The van der Waals surface area contributed by atoms with Crippen LogP contribution >= 0.6 is 0 Å². The van der Waals surface area contributed by atoms with Crippen LogP contribution in [0.5, 0.6) is 0 Å². The minimum atomic E-state index is -0.875. The predicted molar refractivity (Wildman–Crippen MR) is 55.8 cm³/mol. The molecule has 0 aliphatic rings. The molecule has 1 unspecified atom stereocenters. The van der Waals surface area contributed by atoms with Crippen LogP contribution in [0, 0.1) is 0 Å². The van der Waals surface area contributed by atoms with Gasteiger partial charge in [0.15, 0.2) is 0 Å². The number of aliphatic carboxylic acids is 1. The van der Waals surface area contributed by atoms with Gasteiger partial charge >= 0.3 is 5.97 Å². The van der Waals surface area contributed by atoms with Gasteiger partial charge in [-0.15, -0.1) is 0 Å². The fourth-order valence-electron chi connectivity index (χ4n) is 1.06. The third kappa shape index (κ3) is 3.01. The van der Waals surface area contributed by atoms with Gasteiger partial charge in [-0.05, 0) is 12.0 Å². The van der Waals surface area contributed by atoms with Crippen molar-refractivity contribution in [3.05, 3.63) is 35.9 Å². The lowest BCUT2D eigenvalue weighted by atomic mass is 10.2. The lowest BCUT2D eigenvalue weighted by Crippen LogP contribution is -2.16. The second-order valence-electron chi connectivity index (χ2n) is 2.95. The SMILES string of the molecule is CCC(N=Cc1ccccc1)C(=O)O. The Morgan fingerprint density at radius 2 is 2.14 bits per heavy atom. The first kappa shape index (κ1) is 10.4. The van der Waals surface area contributed by atoms with E-state index in [1.54, 1.807) is 13.1 Å². The molecule has 0 aromatic heterocycles. The maximum atomic E-state index is 10.6. The van der Waals surface area contributed by atoms with E-state index in [0.29, 0.717) is 6.42 Å². The Kier molecular flexibility index (Phi) is 3.85. The van der Waals surface area contributed by atoms with E-state index in [9.17, 15) is 4.79 Å². The van der Waals surface area contributed by atoms with Crippen molar-refractivity contribution in [2.45, 2.75) is 19.4 Å². The second kappa shape index (κ2) is 5.17. The molecule has 1 rings (SSSR count). The Balaban J connectivity index is 2.67. The number of aliphatic imine (C=N–C) groups is 1. The summed E-state index contributed by atoms with van der Waals surface area (Å²) in [6.45, 7) is 1.81. The largest absolute Gasteiger partial charge is 0.480 e. The van der Waals surface area contributed by atoms with Gasteiger partial charge in [-0.25, -0.2) is 4.79 Å². The molecule has 0 aliphatic heterocycles. The number of carboxylic acids is 1. The first-order valence-corrected chi connectivity index (χ1v) is 4.55. The van der Waals surface area contributed by atoms with Crippen molar-refractivity contribution >= 4 is 12.2 Å². The number of carbonyl (C=O) groups is 1. The summed E-state index contributed by atoms with van der Waals surface area (Å²) < 4.78 is 0. The van der Waals surface area contributed by atoms with Crippen LogP contribution in [0.15, 0.2) is 35.3 Å². The van der Waals surface area contributed by atoms with E-state index in [4.69, 9.17) is 5.11 Å². The van der Waals surface area contributed by atoms with Crippen molar-refractivity contribution in [3.63, 3.8) is 0 Å². The predicted octanol–water partition coefficient (Wildman–Crippen LogP) is 1.97. The number of carboxylic acid groups (broad SMARTS) is 1. The smallest absolute Gasteiger partial charge is 0.328 e. The van der Waals surface area contributed by atoms with E-state index in [0.717, 1.165) is 5.56 Å². The summed E-state index contributed by atoms with van der Waals surface area (Å²) >= 11 is 0. The van der Waals surface area contributed by atoms with E-state index in [1.165, 1.54) is 0 Å². The topological polar surface area (TPSA) is 49.7 Å².